The maximum Gasteiger partial charge on any atom is 0.255 e. The number of unbranched alkanes of at least 4 members (excludes halogenated alkanes) is 9. The summed E-state index contributed by atoms with van der Waals surface area (Å²) in [5, 5.41) is 0. The molecule has 0 aromatic carbocycles. The molecule has 0 unspecified atom stereocenters. The minimum atomic E-state index is -5.42. The van der Waals surface area contributed by atoms with Gasteiger partial charge in [0.25, 0.3) is 10.5 Å². The van der Waals surface area contributed by atoms with Gasteiger partial charge in [-0.3, -0.25) is 0 Å². The van der Waals surface area contributed by atoms with Crippen molar-refractivity contribution in [3.8, 4) is 0 Å². The van der Waals surface area contributed by atoms with Gasteiger partial charge in [0.15, 0.2) is 0 Å². The minimum absolute atomic E-state index is 1.12. The summed E-state index contributed by atoms with van der Waals surface area (Å²) in [7, 11) is 1.44. The molecule has 0 bridgehead atoms. The van der Waals surface area contributed by atoms with Gasteiger partial charge in [-0.15, -0.1) is 3.89 Å². The molecular formula is C15H34FNO3S. The van der Waals surface area contributed by atoms with Gasteiger partial charge in [-0.2, -0.15) is 0 Å². The third-order valence-corrected chi connectivity index (χ3v) is 3.18. The first-order chi connectivity index (χ1) is 9.56. The molecule has 0 fully saturated rings. The van der Waals surface area contributed by atoms with Crippen molar-refractivity contribution in [1.82, 2.24) is 0 Å². The molecule has 0 saturated heterocycles. The highest BCUT2D eigenvalue weighted by Gasteiger charge is 2.04. The second-order valence-corrected chi connectivity index (χ2v) is 7.38. The van der Waals surface area contributed by atoms with Crippen molar-refractivity contribution < 1.29 is 21.3 Å². The van der Waals surface area contributed by atoms with E-state index in [1.165, 1.54) is 70.8 Å². The van der Waals surface area contributed by atoms with Gasteiger partial charge in [-0.25, -0.2) is 8.42 Å². The molecule has 0 spiro atoms. The fourth-order valence-electron chi connectivity index (χ4n) is 2.07. The lowest BCUT2D eigenvalue weighted by Gasteiger charge is -2.23. The Morgan fingerprint density at radius 3 is 1.38 bits per heavy atom. The SMILES string of the molecule is CCCCCCCCCCCC[N+](C)(C)C.O=S(=O)([O-])F. The van der Waals surface area contributed by atoms with E-state index < -0.39 is 10.5 Å². The summed E-state index contributed by atoms with van der Waals surface area (Å²) in [4.78, 5) is 0. The number of hydrogen-bond donors (Lipinski definition) is 0. The standard InChI is InChI=1S/C15H34N.FHO3S/c1-5-6-7-8-9-10-11-12-13-14-15-16(2,3)4;1-5(2,3)4/h5-15H2,1-4H3;(H,2,3,4)/q+1;/p-1. The van der Waals surface area contributed by atoms with Crippen LogP contribution >= 0.6 is 0 Å². The van der Waals surface area contributed by atoms with Crippen LogP contribution in [0.3, 0.4) is 0 Å². The van der Waals surface area contributed by atoms with Crippen LogP contribution in [-0.2, 0) is 10.5 Å². The molecule has 0 aromatic rings. The molecule has 0 aliphatic rings. The Morgan fingerprint density at radius 2 is 1.10 bits per heavy atom. The van der Waals surface area contributed by atoms with E-state index in [1.807, 2.05) is 0 Å². The van der Waals surface area contributed by atoms with E-state index in [0.717, 1.165) is 4.48 Å². The van der Waals surface area contributed by atoms with E-state index in [4.69, 9.17) is 13.0 Å². The molecule has 0 heterocycles. The lowest BCUT2D eigenvalue weighted by atomic mass is 10.1. The van der Waals surface area contributed by atoms with E-state index in [0.29, 0.717) is 0 Å². The van der Waals surface area contributed by atoms with Crippen LogP contribution in [-0.4, -0.2) is 45.1 Å². The smallest absolute Gasteiger partial charge is 0.255 e. The Labute approximate surface area is 131 Å². The normalized spacial score (nSPS) is 11.9. The molecule has 0 aliphatic heterocycles. The second-order valence-electron chi connectivity index (χ2n) is 6.59. The third kappa shape index (κ3) is 38.3. The Kier molecular flexibility index (Phi) is 14.8. The summed E-state index contributed by atoms with van der Waals surface area (Å²) in [5.74, 6) is 0. The van der Waals surface area contributed by atoms with Gasteiger partial charge in [0.05, 0.1) is 27.7 Å². The molecular weight excluding hydrogens is 293 g/mol. The molecule has 4 nitrogen and oxygen atoms in total. The number of rotatable bonds is 11. The number of hydrogen-bond acceptors (Lipinski definition) is 3. The van der Waals surface area contributed by atoms with E-state index in [2.05, 4.69) is 28.1 Å². The first-order valence-electron chi connectivity index (χ1n) is 8.02. The summed E-state index contributed by atoms with van der Waals surface area (Å²) >= 11 is 0. The second kappa shape index (κ2) is 13.5. The Bertz CT molecular complexity index is 305. The van der Waals surface area contributed by atoms with Crippen LogP contribution in [0.4, 0.5) is 3.89 Å². The fraction of sp³-hybridized carbons (Fsp3) is 1.00. The van der Waals surface area contributed by atoms with Gasteiger partial charge in [0.1, 0.15) is 0 Å². The molecule has 0 aromatic heterocycles. The summed E-state index contributed by atoms with van der Waals surface area (Å²) in [5.41, 5.74) is 0. The Morgan fingerprint density at radius 1 is 0.810 bits per heavy atom. The van der Waals surface area contributed by atoms with Crippen molar-refractivity contribution in [2.75, 3.05) is 27.7 Å². The minimum Gasteiger partial charge on any atom is -0.722 e. The zero-order chi connectivity index (χ0) is 16.8. The highest BCUT2D eigenvalue weighted by Crippen LogP contribution is 2.10. The average molecular weight is 328 g/mol. The molecule has 0 radical (unpaired) electrons. The zero-order valence-corrected chi connectivity index (χ0v) is 15.1. The van der Waals surface area contributed by atoms with Crippen LogP contribution in [0.1, 0.15) is 71.1 Å². The molecule has 0 saturated carbocycles. The predicted octanol–water partition coefficient (Wildman–Crippen LogP) is 4.03. The first kappa shape index (κ1) is 23.1. The zero-order valence-electron chi connectivity index (χ0n) is 14.2. The topological polar surface area (TPSA) is 57.2 Å². The van der Waals surface area contributed by atoms with Crippen molar-refractivity contribution in [2.45, 2.75) is 71.1 Å². The van der Waals surface area contributed by atoms with Crippen LogP contribution in [0.5, 0.6) is 0 Å². The van der Waals surface area contributed by atoms with Gasteiger partial charge in [-0.05, 0) is 12.8 Å². The van der Waals surface area contributed by atoms with Crippen molar-refractivity contribution >= 4 is 10.5 Å². The van der Waals surface area contributed by atoms with Crippen LogP contribution in [0, 0.1) is 0 Å². The molecule has 0 amide bonds. The first-order valence-corrected chi connectivity index (χ1v) is 9.33. The fourth-order valence-corrected chi connectivity index (χ4v) is 2.07. The van der Waals surface area contributed by atoms with Crippen LogP contribution in [0.15, 0.2) is 0 Å². The van der Waals surface area contributed by atoms with E-state index in [-0.39, 0.29) is 0 Å². The van der Waals surface area contributed by atoms with Gasteiger partial charge < -0.3 is 9.04 Å². The Hall–Kier alpha value is -0.200. The van der Waals surface area contributed by atoms with Crippen molar-refractivity contribution in [1.29, 1.82) is 0 Å². The molecule has 6 heteroatoms. The molecule has 0 atom stereocenters. The highest BCUT2D eigenvalue weighted by molar-refractivity contribution is 7.80. The lowest BCUT2D eigenvalue weighted by molar-refractivity contribution is -0.870. The van der Waals surface area contributed by atoms with Crippen molar-refractivity contribution in [3.05, 3.63) is 0 Å². The van der Waals surface area contributed by atoms with Gasteiger partial charge >= 0.3 is 0 Å². The molecule has 130 valence electrons. The number of halogens is 1. The largest absolute Gasteiger partial charge is 0.722 e. The highest BCUT2D eigenvalue weighted by atomic mass is 32.3. The quantitative estimate of drug-likeness (QED) is 0.249. The number of nitrogens with zero attached hydrogens (tertiary/aromatic N) is 1. The molecule has 0 aliphatic carbocycles. The van der Waals surface area contributed by atoms with Crippen LogP contribution in [0.25, 0.3) is 0 Å². The predicted molar refractivity (Wildman–Crippen MR) is 85.5 cm³/mol. The van der Waals surface area contributed by atoms with Crippen molar-refractivity contribution in [3.63, 3.8) is 0 Å². The summed E-state index contributed by atoms with van der Waals surface area (Å²) in [6, 6.07) is 0. The summed E-state index contributed by atoms with van der Waals surface area (Å²) in [6.45, 7) is 3.62. The molecule has 21 heavy (non-hydrogen) atoms. The van der Waals surface area contributed by atoms with E-state index in [9.17, 15) is 3.89 Å². The summed E-state index contributed by atoms with van der Waals surface area (Å²) in [6.07, 6.45) is 14.4. The number of quaternary nitrogens is 1. The average Bonchev–Trinajstić information content (AvgIpc) is 2.28. The maximum absolute atomic E-state index is 10.1. The monoisotopic (exact) mass is 327 g/mol. The van der Waals surface area contributed by atoms with Crippen molar-refractivity contribution in [2.24, 2.45) is 0 Å². The van der Waals surface area contributed by atoms with Crippen LogP contribution < -0.4 is 0 Å². The van der Waals surface area contributed by atoms with Crippen LogP contribution in [0.2, 0.25) is 0 Å². The maximum atomic E-state index is 10.1. The van der Waals surface area contributed by atoms with Gasteiger partial charge in [0.2, 0.25) is 0 Å². The van der Waals surface area contributed by atoms with E-state index >= 15 is 0 Å². The summed E-state index contributed by atoms with van der Waals surface area (Å²) < 4.78 is 36.5. The third-order valence-electron chi connectivity index (χ3n) is 3.18. The lowest BCUT2D eigenvalue weighted by Crippen LogP contribution is -2.35. The van der Waals surface area contributed by atoms with E-state index in [1.54, 1.807) is 0 Å². The Balaban J connectivity index is 0. The molecule has 0 N–H and O–H groups in total. The van der Waals surface area contributed by atoms with Gasteiger partial charge in [-0.1, -0.05) is 58.3 Å². The van der Waals surface area contributed by atoms with Gasteiger partial charge in [0, 0.05) is 0 Å². The molecule has 0 rings (SSSR count).